The average molecular weight is 229 g/mol. The Morgan fingerprint density at radius 3 is 2.13 bits per heavy atom. The van der Waals surface area contributed by atoms with Crippen LogP contribution in [0.3, 0.4) is 0 Å². The van der Waals surface area contributed by atoms with E-state index in [9.17, 15) is 0 Å². The topological polar surface area (TPSA) is 38.9 Å². The van der Waals surface area contributed by atoms with Crippen molar-refractivity contribution in [2.45, 2.75) is 45.9 Å². The number of rotatable bonds is 2. The zero-order valence-corrected chi connectivity index (χ0v) is 10.6. The standard InChI is InChI=1S/C11H17ClN2O/c1-6(12)8-13-9(15-14-8)7-10(2,3)11(7,4)5/h6-7H,1-5H3. The quantitative estimate of drug-likeness (QED) is 0.727. The van der Waals surface area contributed by atoms with Crippen molar-refractivity contribution >= 4 is 11.6 Å². The zero-order chi connectivity index (χ0) is 11.4. The van der Waals surface area contributed by atoms with Gasteiger partial charge in [-0.15, -0.1) is 11.6 Å². The Bertz CT molecular complexity index is 368. The molecule has 0 aliphatic heterocycles. The van der Waals surface area contributed by atoms with E-state index in [0.29, 0.717) is 11.7 Å². The summed E-state index contributed by atoms with van der Waals surface area (Å²) in [7, 11) is 0. The monoisotopic (exact) mass is 228 g/mol. The second-order valence-electron chi connectivity index (χ2n) is 5.48. The first kappa shape index (κ1) is 10.9. The van der Waals surface area contributed by atoms with Gasteiger partial charge in [-0.25, -0.2) is 0 Å². The lowest BCUT2D eigenvalue weighted by Gasteiger charge is -2.03. The molecule has 3 nitrogen and oxygen atoms in total. The van der Waals surface area contributed by atoms with Gasteiger partial charge in [-0.2, -0.15) is 4.98 Å². The molecule has 1 heterocycles. The zero-order valence-electron chi connectivity index (χ0n) is 9.84. The van der Waals surface area contributed by atoms with Crippen LogP contribution in [0.4, 0.5) is 0 Å². The summed E-state index contributed by atoms with van der Waals surface area (Å²) in [4.78, 5) is 4.35. The number of nitrogens with zero attached hydrogens (tertiary/aromatic N) is 2. The maximum absolute atomic E-state index is 5.90. The first-order chi connectivity index (χ1) is 6.78. The third-order valence-corrected chi connectivity index (χ3v) is 4.28. The molecule has 84 valence electrons. The Kier molecular flexibility index (Phi) is 2.16. The highest BCUT2D eigenvalue weighted by atomic mass is 35.5. The molecular formula is C11H17ClN2O. The Labute approximate surface area is 95.2 Å². The van der Waals surface area contributed by atoms with Gasteiger partial charge in [0.2, 0.25) is 5.89 Å². The highest BCUT2D eigenvalue weighted by molar-refractivity contribution is 6.20. The molecule has 0 amide bonds. The van der Waals surface area contributed by atoms with Crippen molar-refractivity contribution in [3.63, 3.8) is 0 Å². The number of halogens is 1. The number of aromatic nitrogens is 2. The van der Waals surface area contributed by atoms with Crippen LogP contribution in [0.1, 0.15) is 57.6 Å². The average Bonchev–Trinajstić information content (AvgIpc) is 2.52. The predicted molar refractivity (Wildman–Crippen MR) is 58.9 cm³/mol. The molecule has 1 aliphatic carbocycles. The summed E-state index contributed by atoms with van der Waals surface area (Å²) in [6.45, 7) is 10.8. The van der Waals surface area contributed by atoms with E-state index in [-0.39, 0.29) is 16.2 Å². The molecule has 15 heavy (non-hydrogen) atoms. The maximum Gasteiger partial charge on any atom is 0.230 e. The van der Waals surface area contributed by atoms with Crippen LogP contribution in [-0.4, -0.2) is 10.1 Å². The Balaban J connectivity index is 2.26. The van der Waals surface area contributed by atoms with E-state index in [1.165, 1.54) is 0 Å². The van der Waals surface area contributed by atoms with Crippen molar-refractivity contribution in [2.24, 2.45) is 10.8 Å². The molecule has 0 aromatic carbocycles. The van der Waals surface area contributed by atoms with Crippen molar-refractivity contribution < 1.29 is 4.52 Å². The van der Waals surface area contributed by atoms with Gasteiger partial charge in [-0.05, 0) is 17.8 Å². The summed E-state index contributed by atoms with van der Waals surface area (Å²) in [5.74, 6) is 1.67. The lowest BCUT2D eigenvalue weighted by Crippen LogP contribution is -1.95. The lowest BCUT2D eigenvalue weighted by atomic mass is 10.0. The van der Waals surface area contributed by atoms with Gasteiger partial charge in [0, 0.05) is 5.92 Å². The Morgan fingerprint density at radius 1 is 1.27 bits per heavy atom. The van der Waals surface area contributed by atoms with Gasteiger partial charge in [0.15, 0.2) is 5.82 Å². The fraction of sp³-hybridized carbons (Fsp3) is 0.818. The summed E-state index contributed by atoms with van der Waals surface area (Å²) in [5, 5.41) is 3.70. The molecule has 1 unspecified atom stereocenters. The highest BCUT2D eigenvalue weighted by Crippen LogP contribution is 2.73. The van der Waals surface area contributed by atoms with Crippen molar-refractivity contribution in [1.82, 2.24) is 10.1 Å². The largest absolute Gasteiger partial charge is 0.339 e. The van der Waals surface area contributed by atoms with Crippen LogP contribution in [0, 0.1) is 10.8 Å². The number of hydrogen-bond donors (Lipinski definition) is 0. The van der Waals surface area contributed by atoms with E-state index < -0.39 is 0 Å². The van der Waals surface area contributed by atoms with Gasteiger partial charge in [-0.1, -0.05) is 32.9 Å². The summed E-state index contributed by atoms with van der Waals surface area (Å²) in [5.41, 5.74) is 0.457. The normalized spacial score (nSPS) is 25.2. The summed E-state index contributed by atoms with van der Waals surface area (Å²) < 4.78 is 5.28. The van der Waals surface area contributed by atoms with Crippen molar-refractivity contribution in [3.05, 3.63) is 11.7 Å². The summed E-state index contributed by atoms with van der Waals surface area (Å²) in [6, 6.07) is 0. The smallest absolute Gasteiger partial charge is 0.230 e. The van der Waals surface area contributed by atoms with E-state index in [0.717, 1.165) is 5.89 Å². The Morgan fingerprint density at radius 2 is 1.80 bits per heavy atom. The minimum Gasteiger partial charge on any atom is -0.339 e. The molecule has 1 atom stereocenters. The van der Waals surface area contributed by atoms with Gasteiger partial charge in [-0.3, -0.25) is 0 Å². The van der Waals surface area contributed by atoms with Gasteiger partial charge in [0.25, 0.3) is 0 Å². The fourth-order valence-corrected chi connectivity index (χ4v) is 2.43. The SMILES string of the molecule is CC(Cl)c1noc(C2C(C)(C)C2(C)C)n1. The molecular weight excluding hydrogens is 212 g/mol. The molecule has 0 N–H and O–H groups in total. The third kappa shape index (κ3) is 1.40. The van der Waals surface area contributed by atoms with Crippen molar-refractivity contribution in [1.29, 1.82) is 0 Å². The molecule has 4 heteroatoms. The van der Waals surface area contributed by atoms with Crippen LogP contribution < -0.4 is 0 Å². The molecule has 1 aromatic rings. The Hall–Kier alpha value is -0.570. The highest BCUT2D eigenvalue weighted by Gasteiger charge is 2.67. The molecule has 1 aliphatic rings. The maximum atomic E-state index is 5.90. The van der Waals surface area contributed by atoms with Crippen LogP contribution in [0.15, 0.2) is 4.52 Å². The van der Waals surface area contributed by atoms with E-state index in [4.69, 9.17) is 16.1 Å². The molecule has 1 saturated carbocycles. The minimum atomic E-state index is -0.188. The van der Waals surface area contributed by atoms with E-state index >= 15 is 0 Å². The van der Waals surface area contributed by atoms with Crippen LogP contribution in [0.2, 0.25) is 0 Å². The second kappa shape index (κ2) is 2.97. The minimum absolute atomic E-state index is 0.188. The molecule has 0 spiro atoms. The van der Waals surface area contributed by atoms with Crippen LogP contribution in [0.5, 0.6) is 0 Å². The van der Waals surface area contributed by atoms with Crippen molar-refractivity contribution in [3.8, 4) is 0 Å². The first-order valence-electron chi connectivity index (χ1n) is 5.26. The molecule has 1 aromatic heterocycles. The molecule has 0 saturated heterocycles. The lowest BCUT2D eigenvalue weighted by molar-refractivity contribution is 0.361. The van der Waals surface area contributed by atoms with E-state index in [1.54, 1.807) is 0 Å². The predicted octanol–water partition coefficient (Wildman–Crippen LogP) is 3.52. The van der Waals surface area contributed by atoms with Gasteiger partial charge in [0.1, 0.15) is 0 Å². The second-order valence-corrected chi connectivity index (χ2v) is 6.14. The number of alkyl halides is 1. The van der Waals surface area contributed by atoms with Gasteiger partial charge >= 0.3 is 0 Å². The first-order valence-corrected chi connectivity index (χ1v) is 5.69. The van der Waals surface area contributed by atoms with Gasteiger partial charge in [0.05, 0.1) is 5.38 Å². The fourth-order valence-electron chi connectivity index (χ4n) is 2.34. The molecule has 0 radical (unpaired) electrons. The molecule has 2 rings (SSSR count). The van der Waals surface area contributed by atoms with Crippen LogP contribution in [0.25, 0.3) is 0 Å². The molecule has 1 fully saturated rings. The molecule has 0 bridgehead atoms. The van der Waals surface area contributed by atoms with Crippen LogP contribution >= 0.6 is 11.6 Å². The van der Waals surface area contributed by atoms with E-state index in [2.05, 4.69) is 37.8 Å². The summed E-state index contributed by atoms with van der Waals surface area (Å²) >= 11 is 5.90. The van der Waals surface area contributed by atoms with Gasteiger partial charge < -0.3 is 4.52 Å². The van der Waals surface area contributed by atoms with Crippen LogP contribution in [-0.2, 0) is 0 Å². The van der Waals surface area contributed by atoms with E-state index in [1.807, 2.05) is 6.92 Å². The summed E-state index contributed by atoms with van der Waals surface area (Å²) in [6.07, 6.45) is 0. The number of hydrogen-bond acceptors (Lipinski definition) is 3. The third-order valence-electron chi connectivity index (χ3n) is 4.08. The van der Waals surface area contributed by atoms with Crippen molar-refractivity contribution in [2.75, 3.05) is 0 Å².